The van der Waals surface area contributed by atoms with E-state index in [4.69, 9.17) is 16.3 Å². The smallest absolute Gasteiger partial charge is 0.310 e. The number of carbonyl (C=O) groups excluding carboxylic acids is 1. The van der Waals surface area contributed by atoms with E-state index in [1.165, 1.54) is 17.5 Å². The third-order valence-electron chi connectivity index (χ3n) is 4.65. The lowest BCUT2D eigenvalue weighted by molar-refractivity contribution is -0.142. The van der Waals surface area contributed by atoms with E-state index < -0.39 is 0 Å². The van der Waals surface area contributed by atoms with E-state index in [-0.39, 0.29) is 5.97 Å². The van der Waals surface area contributed by atoms with Crippen LogP contribution in [-0.2, 0) is 22.4 Å². The molecule has 1 aliphatic rings. The minimum atomic E-state index is -0.161. The van der Waals surface area contributed by atoms with Crippen LogP contribution >= 0.6 is 11.6 Å². The Morgan fingerprint density at radius 2 is 1.80 bits per heavy atom. The topological polar surface area (TPSA) is 38.3 Å². The summed E-state index contributed by atoms with van der Waals surface area (Å²) in [4.78, 5) is 12.0. The maximum Gasteiger partial charge on any atom is 0.310 e. The van der Waals surface area contributed by atoms with Gasteiger partial charge in [-0.3, -0.25) is 4.79 Å². The Labute approximate surface area is 154 Å². The normalized spacial score (nSPS) is 16.8. The summed E-state index contributed by atoms with van der Waals surface area (Å²) in [6.07, 6.45) is 3.23. The van der Waals surface area contributed by atoms with Crippen molar-refractivity contribution in [3.05, 3.63) is 70.2 Å². The van der Waals surface area contributed by atoms with E-state index in [1.54, 1.807) is 0 Å². The van der Waals surface area contributed by atoms with Gasteiger partial charge in [-0.25, -0.2) is 0 Å². The van der Waals surface area contributed by atoms with Gasteiger partial charge in [-0.05, 0) is 60.5 Å². The maximum absolute atomic E-state index is 12.0. The Kier molecular flexibility index (Phi) is 6.48. The number of hydrogen-bond acceptors (Lipinski definition) is 3. The number of hydrogen-bond donors (Lipinski definition) is 1. The number of benzene rings is 2. The lowest BCUT2D eigenvalue weighted by Crippen LogP contribution is -2.10. The highest BCUT2D eigenvalue weighted by Crippen LogP contribution is 2.22. The molecule has 2 aromatic rings. The number of carbonyl (C=O) groups is 1. The molecule has 0 aromatic heterocycles. The number of nitrogens with one attached hydrogen (secondary N) is 1. The molecule has 1 saturated heterocycles. The van der Waals surface area contributed by atoms with Gasteiger partial charge in [0.1, 0.15) is 0 Å². The summed E-state index contributed by atoms with van der Waals surface area (Å²) < 4.78 is 5.35. The van der Waals surface area contributed by atoms with Crippen LogP contribution in [0.5, 0.6) is 0 Å². The van der Waals surface area contributed by atoms with Gasteiger partial charge < -0.3 is 10.1 Å². The zero-order valence-electron chi connectivity index (χ0n) is 14.3. The standard InChI is InChI=1S/C21H24ClNO2/c22-20-9-5-16(6-10-20)2-1-13-25-21(24)14-17-3-7-18(8-4-17)19-11-12-23-15-19/h3-10,19,23H,1-2,11-15H2. The van der Waals surface area contributed by atoms with Gasteiger partial charge >= 0.3 is 5.97 Å². The first-order valence-electron chi connectivity index (χ1n) is 8.90. The first kappa shape index (κ1) is 18.0. The van der Waals surface area contributed by atoms with Gasteiger partial charge in [0.15, 0.2) is 0 Å². The van der Waals surface area contributed by atoms with Crippen molar-refractivity contribution in [3.8, 4) is 0 Å². The fourth-order valence-electron chi connectivity index (χ4n) is 3.18. The van der Waals surface area contributed by atoms with Crippen LogP contribution in [0.4, 0.5) is 0 Å². The van der Waals surface area contributed by atoms with E-state index in [0.29, 0.717) is 18.9 Å². The first-order valence-corrected chi connectivity index (χ1v) is 9.28. The molecule has 0 bridgehead atoms. The minimum Gasteiger partial charge on any atom is -0.465 e. The molecule has 0 aliphatic carbocycles. The molecule has 0 amide bonds. The van der Waals surface area contributed by atoms with Crippen molar-refractivity contribution < 1.29 is 9.53 Å². The van der Waals surface area contributed by atoms with Gasteiger partial charge in [-0.2, -0.15) is 0 Å². The molecule has 1 heterocycles. The third kappa shape index (κ3) is 5.58. The quantitative estimate of drug-likeness (QED) is 0.598. The summed E-state index contributed by atoms with van der Waals surface area (Å²) in [5.41, 5.74) is 3.57. The van der Waals surface area contributed by atoms with Crippen molar-refractivity contribution in [2.45, 2.75) is 31.6 Å². The summed E-state index contributed by atoms with van der Waals surface area (Å²) in [5, 5.41) is 4.12. The fraction of sp³-hybridized carbons (Fsp3) is 0.381. The van der Waals surface area contributed by atoms with Gasteiger partial charge in [0.2, 0.25) is 0 Å². The molecular formula is C21H24ClNO2. The Hall–Kier alpha value is -1.84. The highest BCUT2D eigenvalue weighted by atomic mass is 35.5. The van der Waals surface area contributed by atoms with Crippen LogP contribution in [0, 0.1) is 0 Å². The molecule has 1 unspecified atom stereocenters. The third-order valence-corrected chi connectivity index (χ3v) is 4.90. The lowest BCUT2D eigenvalue weighted by Gasteiger charge is -2.10. The summed E-state index contributed by atoms with van der Waals surface area (Å²) in [6.45, 7) is 2.59. The highest BCUT2D eigenvalue weighted by molar-refractivity contribution is 6.30. The molecule has 0 radical (unpaired) electrons. The second kappa shape index (κ2) is 9.02. The Balaban J connectivity index is 1.37. The van der Waals surface area contributed by atoms with Crippen LogP contribution in [-0.4, -0.2) is 25.7 Å². The Morgan fingerprint density at radius 1 is 1.08 bits per heavy atom. The number of ether oxygens (including phenoxy) is 1. The zero-order chi connectivity index (χ0) is 17.5. The second-order valence-electron chi connectivity index (χ2n) is 6.56. The minimum absolute atomic E-state index is 0.161. The van der Waals surface area contributed by atoms with Gasteiger partial charge in [-0.15, -0.1) is 0 Å². The molecule has 1 fully saturated rings. The van der Waals surface area contributed by atoms with Crippen molar-refractivity contribution in [3.63, 3.8) is 0 Å². The molecular weight excluding hydrogens is 334 g/mol. The molecule has 3 nitrogen and oxygen atoms in total. The van der Waals surface area contributed by atoms with Crippen molar-refractivity contribution >= 4 is 17.6 Å². The van der Waals surface area contributed by atoms with Crippen LogP contribution in [0.15, 0.2) is 48.5 Å². The molecule has 4 heteroatoms. The first-order chi connectivity index (χ1) is 12.2. The predicted octanol–water partition coefficient (Wildman–Crippen LogP) is 4.14. The van der Waals surface area contributed by atoms with Crippen LogP contribution in [0.25, 0.3) is 0 Å². The van der Waals surface area contributed by atoms with E-state index >= 15 is 0 Å². The summed E-state index contributed by atoms with van der Waals surface area (Å²) >= 11 is 5.87. The maximum atomic E-state index is 12.0. The molecule has 132 valence electrons. The molecule has 3 rings (SSSR count). The van der Waals surface area contributed by atoms with Crippen molar-refractivity contribution in [1.82, 2.24) is 5.32 Å². The molecule has 25 heavy (non-hydrogen) atoms. The van der Waals surface area contributed by atoms with E-state index in [0.717, 1.165) is 36.5 Å². The predicted molar refractivity (Wildman–Crippen MR) is 101 cm³/mol. The monoisotopic (exact) mass is 357 g/mol. The van der Waals surface area contributed by atoms with Crippen LogP contribution < -0.4 is 5.32 Å². The molecule has 1 atom stereocenters. The van der Waals surface area contributed by atoms with Gasteiger partial charge in [0, 0.05) is 11.6 Å². The summed E-state index contributed by atoms with van der Waals surface area (Å²) in [7, 11) is 0. The van der Waals surface area contributed by atoms with Gasteiger partial charge in [0.25, 0.3) is 0 Å². The van der Waals surface area contributed by atoms with Crippen LogP contribution in [0.3, 0.4) is 0 Å². The summed E-state index contributed by atoms with van der Waals surface area (Å²) in [6, 6.07) is 16.1. The average Bonchev–Trinajstić information content (AvgIpc) is 3.15. The number of halogens is 1. The highest BCUT2D eigenvalue weighted by Gasteiger charge is 2.16. The number of rotatable bonds is 7. The zero-order valence-corrected chi connectivity index (χ0v) is 15.1. The Morgan fingerprint density at radius 3 is 2.48 bits per heavy atom. The summed E-state index contributed by atoms with van der Waals surface area (Å²) in [5.74, 6) is 0.445. The van der Waals surface area contributed by atoms with Gasteiger partial charge in [0.05, 0.1) is 13.0 Å². The largest absolute Gasteiger partial charge is 0.465 e. The van der Waals surface area contributed by atoms with Crippen molar-refractivity contribution in [2.75, 3.05) is 19.7 Å². The fourth-order valence-corrected chi connectivity index (χ4v) is 3.30. The Bertz CT molecular complexity index is 676. The number of esters is 1. The van der Waals surface area contributed by atoms with Gasteiger partial charge in [-0.1, -0.05) is 48.0 Å². The van der Waals surface area contributed by atoms with Crippen molar-refractivity contribution in [1.29, 1.82) is 0 Å². The lowest BCUT2D eigenvalue weighted by atomic mass is 9.97. The SMILES string of the molecule is O=C(Cc1ccc(C2CCNC2)cc1)OCCCc1ccc(Cl)cc1. The van der Waals surface area contributed by atoms with Crippen LogP contribution in [0.2, 0.25) is 5.02 Å². The molecule has 1 aliphatic heterocycles. The molecule has 2 aromatic carbocycles. The average molecular weight is 358 g/mol. The second-order valence-corrected chi connectivity index (χ2v) is 7.00. The molecule has 0 spiro atoms. The molecule has 0 saturated carbocycles. The van der Waals surface area contributed by atoms with Crippen LogP contribution in [0.1, 0.15) is 35.4 Å². The van der Waals surface area contributed by atoms with Crippen molar-refractivity contribution in [2.24, 2.45) is 0 Å². The molecule has 1 N–H and O–H groups in total. The van der Waals surface area contributed by atoms with E-state index in [9.17, 15) is 4.79 Å². The van der Waals surface area contributed by atoms with E-state index in [2.05, 4.69) is 17.4 Å². The van der Waals surface area contributed by atoms with E-state index in [1.807, 2.05) is 36.4 Å². The number of aryl methyl sites for hydroxylation is 1.